The molecule has 0 fully saturated rings. The topological polar surface area (TPSA) is 159 Å². The van der Waals surface area contributed by atoms with Crippen LogP contribution in [0.25, 0.3) is 0 Å². The summed E-state index contributed by atoms with van der Waals surface area (Å²) in [7, 11) is -1.60. The average molecular weight is 735 g/mol. The molecule has 280 valence electrons. The van der Waals surface area contributed by atoms with Crippen molar-refractivity contribution in [2.45, 2.75) is 58.5 Å². The Labute approximate surface area is 305 Å². The fourth-order valence-electron chi connectivity index (χ4n) is 7.11. The Morgan fingerprint density at radius 3 is 1.85 bits per heavy atom. The molecule has 1 aromatic heterocycles. The molecular formula is C39H51N4O8P. The number of benzene rings is 3. The third-order valence-corrected chi connectivity index (χ3v) is 13.5. The summed E-state index contributed by atoms with van der Waals surface area (Å²) in [5.74, 6) is 0.689. The van der Waals surface area contributed by atoms with E-state index in [4.69, 9.17) is 18.9 Å². The molecule has 0 aliphatic rings. The van der Waals surface area contributed by atoms with Gasteiger partial charge in [0, 0.05) is 0 Å². The van der Waals surface area contributed by atoms with Gasteiger partial charge in [-0.15, -0.1) is 0 Å². The number of hydrogen-bond acceptors (Lipinski definition) is 10. The second kappa shape index (κ2) is 17.5. The van der Waals surface area contributed by atoms with Gasteiger partial charge >= 0.3 is 306 Å². The van der Waals surface area contributed by atoms with Crippen LogP contribution >= 0.6 is 7.21 Å². The summed E-state index contributed by atoms with van der Waals surface area (Å²) < 4.78 is 27.2. The van der Waals surface area contributed by atoms with Gasteiger partial charge < -0.3 is 0 Å². The first-order valence-corrected chi connectivity index (χ1v) is 19.8. The zero-order chi connectivity index (χ0) is 38.0. The Balaban J connectivity index is 1.86. The maximum absolute atomic E-state index is 12.6. The first-order valence-electron chi connectivity index (χ1n) is 17.3. The maximum atomic E-state index is 12.6. The number of aromatic amines is 1. The number of ether oxygens (including phenoxy) is 4. The summed E-state index contributed by atoms with van der Waals surface area (Å²) in [4.78, 5) is 51.5. The molecule has 52 heavy (non-hydrogen) atoms. The van der Waals surface area contributed by atoms with Gasteiger partial charge in [0.25, 0.3) is 0 Å². The third-order valence-electron chi connectivity index (χ3n) is 9.10. The van der Waals surface area contributed by atoms with Crippen molar-refractivity contribution >= 4 is 7.21 Å². The van der Waals surface area contributed by atoms with Gasteiger partial charge in [-0.1, -0.05) is 0 Å². The number of nitriles is 1. The Bertz CT molecular complexity index is 1830. The predicted octanol–water partition coefficient (Wildman–Crippen LogP) is 5.47. The van der Waals surface area contributed by atoms with Crippen molar-refractivity contribution in [3.63, 3.8) is 0 Å². The number of rotatable bonds is 19. The normalized spacial score (nSPS) is 13.5. The van der Waals surface area contributed by atoms with Crippen LogP contribution in [0.2, 0.25) is 0 Å². The van der Waals surface area contributed by atoms with Crippen molar-refractivity contribution < 1.29 is 28.7 Å². The third kappa shape index (κ3) is 9.36. The van der Waals surface area contributed by atoms with Crippen LogP contribution in [-0.4, -0.2) is 75.8 Å². The van der Waals surface area contributed by atoms with E-state index in [0.29, 0.717) is 11.5 Å². The Morgan fingerprint density at radius 1 is 0.827 bits per heavy atom. The number of methoxy groups -OCH3 is 2. The molecule has 4 rings (SSSR count). The Hall–Kier alpha value is -4.34. The van der Waals surface area contributed by atoms with Gasteiger partial charge in [-0.05, 0) is 0 Å². The van der Waals surface area contributed by atoms with Gasteiger partial charge in [0.1, 0.15) is 0 Å². The van der Waals surface area contributed by atoms with E-state index in [1.807, 2.05) is 107 Å². The number of hydrogen-bond donors (Lipinski definition) is 3. The summed E-state index contributed by atoms with van der Waals surface area (Å²) in [5, 5.41) is 9.62. The van der Waals surface area contributed by atoms with Crippen LogP contribution in [-0.2, 0) is 21.8 Å². The van der Waals surface area contributed by atoms with E-state index in [0.717, 1.165) is 16.7 Å². The molecule has 0 spiro atoms. The molecule has 1 heterocycles. The van der Waals surface area contributed by atoms with Gasteiger partial charge in [0.15, 0.2) is 0 Å². The van der Waals surface area contributed by atoms with E-state index in [9.17, 15) is 24.6 Å². The van der Waals surface area contributed by atoms with E-state index in [1.54, 1.807) is 18.9 Å². The summed E-state index contributed by atoms with van der Waals surface area (Å²) in [6.45, 7) is 7.34. The summed E-state index contributed by atoms with van der Waals surface area (Å²) in [5.41, 5.74) is 0.0596. The van der Waals surface area contributed by atoms with Crippen molar-refractivity contribution in [1.29, 1.82) is 5.26 Å². The van der Waals surface area contributed by atoms with Gasteiger partial charge in [-0.3, -0.25) is 0 Å². The predicted molar refractivity (Wildman–Crippen MR) is 202 cm³/mol. The van der Waals surface area contributed by atoms with Crippen molar-refractivity contribution in [1.82, 2.24) is 14.2 Å². The standard InChI is InChI=1S/C39H51N4O8P/c1-29(2)43(30(3)4)52(46,47,24-10-22-40)27-31(25-50-28-42-23-21-37(44)41-38(42)45)26-51-39(32-11-8-7-9-12-32,33-13-17-35(48-5)18-14-33)34-15-19-36(49-6)20-16-34/h7-9,11-21,23,29-31,46-47H,10,24-28H2,1-6H3,(H,41,44,45). The second-order valence-electron chi connectivity index (χ2n) is 13.5. The molecule has 3 aromatic carbocycles. The molecule has 13 heteroatoms. The zero-order valence-corrected chi connectivity index (χ0v) is 31.7. The molecule has 0 aliphatic heterocycles. The Kier molecular flexibility index (Phi) is 13.6. The molecule has 3 N–H and O–H groups in total. The summed E-state index contributed by atoms with van der Waals surface area (Å²) in [6, 6.07) is 27.8. The van der Waals surface area contributed by atoms with Gasteiger partial charge in [0.2, 0.25) is 0 Å². The minimum absolute atomic E-state index is 0.0247. The number of H-pyrrole nitrogens is 1. The van der Waals surface area contributed by atoms with Gasteiger partial charge in [-0.2, -0.15) is 0 Å². The van der Waals surface area contributed by atoms with Crippen molar-refractivity contribution in [3.8, 4) is 17.6 Å². The van der Waals surface area contributed by atoms with Crippen LogP contribution in [0.15, 0.2) is 101 Å². The SMILES string of the molecule is COc1ccc(C(OCC(COCn2ccc(=O)[nH]c2=O)CP(O)(O)(CCC#N)N(C(C)C)C(C)C)(c2ccccc2)c2ccc(OC)cc2)cc1. The molecule has 0 radical (unpaired) electrons. The molecule has 1 unspecified atom stereocenters. The van der Waals surface area contributed by atoms with Crippen LogP contribution in [0.1, 0.15) is 50.8 Å². The first kappa shape index (κ1) is 40.4. The van der Waals surface area contributed by atoms with E-state index in [1.165, 1.54) is 16.8 Å². The van der Waals surface area contributed by atoms with Crippen LogP contribution < -0.4 is 20.7 Å². The van der Waals surface area contributed by atoms with Crippen LogP contribution in [0.5, 0.6) is 11.5 Å². The van der Waals surface area contributed by atoms with Crippen molar-refractivity contribution in [2.24, 2.45) is 5.92 Å². The van der Waals surface area contributed by atoms with Crippen molar-refractivity contribution in [3.05, 3.63) is 129 Å². The molecule has 12 nitrogen and oxygen atoms in total. The molecule has 4 aromatic rings. The monoisotopic (exact) mass is 734 g/mol. The van der Waals surface area contributed by atoms with Crippen LogP contribution in [0, 0.1) is 17.2 Å². The van der Waals surface area contributed by atoms with Crippen LogP contribution in [0.3, 0.4) is 0 Å². The molecule has 0 bridgehead atoms. The number of nitrogens with zero attached hydrogens (tertiary/aromatic N) is 3. The number of nitrogens with one attached hydrogen (secondary N) is 1. The Morgan fingerprint density at radius 2 is 1.37 bits per heavy atom. The molecule has 0 saturated carbocycles. The fourth-order valence-corrected chi connectivity index (χ4v) is 11.7. The van der Waals surface area contributed by atoms with E-state index < -0.39 is 30.0 Å². The summed E-state index contributed by atoms with van der Waals surface area (Å²) >= 11 is 0. The number of aromatic nitrogens is 2. The first-order chi connectivity index (χ1) is 24.8. The van der Waals surface area contributed by atoms with E-state index in [2.05, 4.69) is 11.1 Å². The average Bonchev–Trinajstić information content (AvgIpc) is 3.12. The van der Waals surface area contributed by atoms with Crippen molar-refractivity contribution in [2.75, 3.05) is 39.8 Å². The minimum atomic E-state index is -4.81. The molecule has 0 saturated heterocycles. The molecule has 1 atom stereocenters. The second-order valence-corrected chi connectivity index (χ2v) is 17.4. The fraction of sp³-hybridized carbons (Fsp3) is 0.410. The van der Waals surface area contributed by atoms with E-state index in [-0.39, 0.29) is 50.8 Å². The van der Waals surface area contributed by atoms with E-state index >= 15 is 0 Å². The van der Waals surface area contributed by atoms with Gasteiger partial charge in [-0.25, -0.2) is 0 Å². The molecule has 0 amide bonds. The molecule has 0 aliphatic carbocycles. The molecular weight excluding hydrogens is 683 g/mol. The summed E-state index contributed by atoms with van der Waals surface area (Å²) in [6.07, 6.45) is 1.01. The quantitative estimate of drug-likeness (QED) is 0.0834. The van der Waals surface area contributed by atoms with Gasteiger partial charge in [0.05, 0.1) is 0 Å². The van der Waals surface area contributed by atoms with Crippen LogP contribution in [0.4, 0.5) is 0 Å². The zero-order valence-electron chi connectivity index (χ0n) is 30.8.